The first-order chi connectivity index (χ1) is 12.6. The SMILES string of the molecule is CCCC(C)(O)[C@H](O)[C@@H](C)CN(C)[C@H](C)CC(C)(O)C[C@@H](C)C[C@@H](C)C(=O)O. The number of carboxylic acids is 1. The van der Waals surface area contributed by atoms with E-state index in [9.17, 15) is 20.1 Å². The third kappa shape index (κ3) is 9.68. The van der Waals surface area contributed by atoms with Gasteiger partial charge in [0.2, 0.25) is 0 Å². The molecule has 0 aliphatic rings. The van der Waals surface area contributed by atoms with Gasteiger partial charge in [0, 0.05) is 12.6 Å². The Hall–Kier alpha value is -0.690. The molecule has 0 rings (SSSR count). The molecule has 28 heavy (non-hydrogen) atoms. The van der Waals surface area contributed by atoms with E-state index in [4.69, 9.17) is 5.11 Å². The molecule has 0 amide bonds. The van der Waals surface area contributed by atoms with Crippen LogP contribution in [0.2, 0.25) is 0 Å². The molecule has 0 aromatic rings. The maximum Gasteiger partial charge on any atom is 0.306 e. The Labute approximate surface area is 172 Å². The fraction of sp³-hybridized carbons (Fsp3) is 0.955. The van der Waals surface area contributed by atoms with E-state index < -0.39 is 29.2 Å². The Morgan fingerprint density at radius 1 is 1.07 bits per heavy atom. The number of hydrogen-bond acceptors (Lipinski definition) is 5. The Morgan fingerprint density at radius 2 is 1.61 bits per heavy atom. The van der Waals surface area contributed by atoms with Gasteiger partial charge in [0.05, 0.1) is 23.2 Å². The summed E-state index contributed by atoms with van der Waals surface area (Å²) < 4.78 is 0. The molecule has 6 nitrogen and oxygen atoms in total. The lowest BCUT2D eigenvalue weighted by atomic mass is 9.83. The Kier molecular flexibility index (Phi) is 11.2. The monoisotopic (exact) mass is 403 g/mol. The van der Waals surface area contributed by atoms with E-state index in [2.05, 4.69) is 4.90 Å². The van der Waals surface area contributed by atoms with Crippen LogP contribution in [0, 0.1) is 17.8 Å². The zero-order chi connectivity index (χ0) is 22.3. The summed E-state index contributed by atoms with van der Waals surface area (Å²) in [6, 6.07) is 0.0878. The van der Waals surface area contributed by atoms with Crippen molar-refractivity contribution in [3.05, 3.63) is 0 Å². The number of aliphatic hydroxyl groups is 3. The zero-order valence-electron chi connectivity index (χ0n) is 19.3. The molecular formula is C22H45NO5. The van der Waals surface area contributed by atoms with Crippen LogP contribution < -0.4 is 0 Å². The summed E-state index contributed by atoms with van der Waals surface area (Å²) in [4.78, 5) is 13.1. The molecular weight excluding hydrogens is 358 g/mol. The van der Waals surface area contributed by atoms with Gasteiger partial charge in [0.1, 0.15) is 0 Å². The third-order valence-electron chi connectivity index (χ3n) is 5.96. The summed E-state index contributed by atoms with van der Waals surface area (Å²) in [6.45, 7) is 13.8. The normalized spacial score (nSPS) is 22.0. The minimum Gasteiger partial charge on any atom is -0.481 e. The molecule has 4 N–H and O–H groups in total. The fourth-order valence-corrected chi connectivity index (χ4v) is 4.41. The van der Waals surface area contributed by atoms with Crippen molar-refractivity contribution in [2.45, 2.75) is 104 Å². The van der Waals surface area contributed by atoms with Gasteiger partial charge in [-0.15, -0.1) is 0 Å². The van der Waals surface area contributed by atoms with Crippen LogP contribution >= 0.6 is 0 Å². The van der Waals surface area contributed by atoms with E-state index in [1.807, 2.05) is 41.7 Å². The zero-order valence-corrected chi connectivity index (χ0v) is 19.3. The van der Waals surface area contributed by atoms with Crippen LogP contribution in [0.3, 0.4) is 0 Å². The third-order valence-corrected chi connectivity index (χ3v) is 5.96. The van der Waals surface area contributed by atoms with Crippen molar-refractivity contribution in [1.29, 1.82) is 0 Å². The highest BCUT2D eigenvalue weighted by atomic mass is 16.4. The van der Waals surface area contributed by atoms with Gasteiger partial charge >= 0.3 is 5.97 Å². The largest absolute Gasteiger partial charge is 0.481 e. The van der Waals surface area contributed by atoms with Crippen LogP contribution in [-0.4, -0.2) is 68.2 Å². The number of aliphatic hydroxyl groups excluding tert-OH is 1. The fourth-order valence-electron chi connectivity index (χ4n) is 4.41. The van der Waals surface area contributed by atoms with Gasteiger partial charge < -0.3 is 25.3 Å². The highest BCUT2D eigenvalue weighted by molar-refractivity contribution is 5.69. The highest BCUT2D eigenvalue weighted by Crippen LogP contribution is 2.28. The van der Waals surface area contributed by atoms with Crippen LogP contribution in [0.1, 0.15) is 80.6 Å². The van der Waals surface area contributed by atoms with Crippen LogP contribution in [0.25, 0.3) is 0 Å². The topological polar surface area (TPSA) is 101 Å². The van der Waals surface area contributed by atoms with Crippen LogP contribution in [0.15, 0.2) is 0 Å². The quantitative estimate of drug-likeness (QED) is 0.355. The molecule has 0 aromatic carbocycles. The van der Waals surface area contributed by atoms with Gasteiger partial charge in [0.15, 0.2) is 0 Å². The lowest BCUT2D eigenvalue weighted by Gasteiger charge is -2.38. The van der Waals surface area contributed by atoms with Crippen LogP contribution in [0.5, 0.6) is 0 Å². The minimum absolute atomic E-state index is 0.0878. The second kappa shape index (κ2) is 11.5. The molecule has 0 aliphatic heterocycles. The highest BCUT2D eigenvalue weighted by Gasteiger charge is 2.35. The summed E-state index contributed by atoms with van der Waals surface area (Å²) in [5, 5.41) is 40.9. The van der Waals surface area contributed by atoms with Gasteiger partial charge in [-0.3, -0.25) is 4.79 Å². The van der Waals surface area contributed by atoms with Gasteiger partial charge in [-0.25, -0.2) is 0 Å². The molecule has 0 spiro atoms. The second-order valence-electron chi connectivity index (χ2n) is 9.80. The number of rotatable bonds is 14. The summed E-state index contributed by atoms with van der Waals surface area (Å²) in [7, 11) is 1.97. The van der Waals surface area contributed by atoms with E-state index in [0.29, 0.717) is 32.2 Å². The van der Waals surface area contributed by atoms with Crippen molar-refractivity contribution in [3.63, 3.8) is 0 Å². The average molecular weight is 404 g/mol. The lowest BCUT2D eigenvalue weighted by molar-refractivity contribution is -0.141. The second-order valence-corrected chi connectivity index (χ2v) is 9.80. The number of hydrogen-bond donors (Lipinski definition) is 4. The van der Waals surface area contributed by atoms with Gasteiger partial charge in [-0.05, 0) is 65.3 Å². The van der Waals surface area contributed by atoms with Crippen molar-refractivity contribution < 1.29 is 25.2 Å². The maximum atomic E-state index is 11.0. The molecule has 168 valence electrons. The molecule has 0 heterocycles. The molecule has 0 radical (unpaired) electrons. The number of nitrogens with zero attached hydrogens (tertiary/aromatic N) is 1. The Balaban J connectivity index is 4.69. The van der Waals surface area contributed by atoms with Crippen molar-refractivity contribution in [1.82, 2.24) is 4.90 Å². The summed E-state index contributed by atoms with van der Waals surface area (Å²) in [5.41, 5.74) is -1.99. The van der Waals surface area contributed by atoms with Crippen LogP contribution in [-0.2, 0) is 4.79 Å². The Bertz CT molecular complexity index is 466. The van der Waals surface area contributed by atoms with E-state index in [0.717, 1.165) is 6.42 Å². The molecule has 6 heteroatoms. The molecule has 0 bridgehead atoms. The summed E-state index contributed by atoms with van der Waals surface area (Å²) in [5.74, 6) is -1.20. The minimum atomic E-state index is -1.10. The molecule has 2 unspecified atom stereocenters. The molecule has 0 fully saturated rings. The Morgan fingerprint density at radius 3 is 2.07 bits per heavy atom. The first kappa shape index (κ1) is 27.3. The summed E-state index contributed by atoms with van der Waals surface area (Å²) in [6.07, 6.45) is 2.21. The standard InChI is InChI=1S/C22H45NO5/c1-9-10-22(7,28)19(24)17(4)14-23(8)18(5)13-21(6,27)12-15(2)11-16(3)20(25)26/h15-19,24,27-28H,9-14H2,1-8H3,(H,25,26)/t15-,16+,17-,18+,19+,21?,22?/m0/s1. The van der Waals surface area contributed by atoms with E-state index in [1.165, 1.54) is 0 Å². The van der Waals surface area contributed by atoms with E-state index in [1.54, 1.807) is 13.8 Å². The van der Waals surface area contributed by atoms with Crippen molar-refractivity contribution in [2.75, 3.05) is 13.6 Å². The molecule has 7 atom stereocenters. The molecule has 0 aromatic heterocycles. The molecule has 0 aliphatic carbocycles. The van der Waals surface area contributed by atoms with Crippen molar-refractivity contribution >= 4 is 5.97 Å². The van der Waals surface area contributed by atoms with Gasteiger partial charge in [-0.1, -0.05) is 34.1 Å². The van der Waals surface area contributed by atoms with Crippen molar-refractivity contribution in [2.24, 2.45) is 17.8 Å². The van der Waals surface area contributed by atoms with E-state index >= 15 is 0 Å². The first-order valence-electron chi connectivity index (χ1n) is 10.7. The first-order valence-corrected chi connectivity index (χ1v) is 10.7. The predicted octanol–water partition coefficient (Wildman–Crippen LogP) is 3.13. The maximum absolute atomic E-state index is 11.0. The number of carboxylic acid groups (broad SMARTS) is 1. The smallest absolute Gasteiger partial charge is 0.306 e. The average Bonchev–Trinajstić information content (AvgIpc) is 2.52. The molecule has 0 saturated carbocycles. The number of carbonyl (C=O) groups is 1. The van der Waals surface area contributed by atoms with Crippen LogP contribution in [0.4, 0.5) is 0 Å². The van der Waals surface area contributed by atoms with Crippen molar-refractivity contribution in [3.8, 4) is 0 Å². The lowest BCUT2D eigenvalue weighted by Crippen LogP contribution is -2.48. The van der Waals surface area contributed by atoms with Gasteiger partial charge in [-0.2, -0.15) is 0 Å². The predicted molar refractivity (Wildman–Crippen MR) is 113 cm³/mol. The van der Waals surface area contributed by atoms with E-state index in [-0.39, 0.29) is 17.9 Å². The summed E-state index contributed by atoms with van der Waals surface area (Å²) >= 11 is 0. The molecule has 0 saturated heterocycles. The van der Waals surface area contributed by atoms with Gasteiger partial charge in [0.25, 0.3) is 0 Å². The number of aliphatic carboxylic acids is 1.